The number of hydrogen-bond donors (Lipinski definition) is 0. The van der Waals surface area contributed by atoms with Gasteiger partial charge in [0.05, 0.1) is 32.0 Å². The highest BCUT2D eigenvalue weighted by Gasteiger charge is 2.37. The number of nitrogens with zero attached hydrogens (tertiary/aromatic N) is 2. The number of rotatable bonds is 6. The first kappa shape index (κ1) is 21.2. The van der Waals surface area contributed by atoms with Crippen molar-refractivity contribution < 1.29 is 23.8 Å². The Kier molecular flexibility index (Phi) is 6.42. The molecule has 0 saturated carbocycles. The molecule has 7 heteroatoms. The molecule has 3 saturated heterocycles. The van der Waals surface area contributed by atoms with Gasteiger partial charge in [0.2, 0.25) is 0 Å². The average molecular weight is 424 g/mol. The normalized spacial score (nSPS) is 21.9. The Hall–Kier alpha value is -3.06. The summed E-state index contributed by atoms with van der Waals surface area (Å²) >= 11 is 0. The Morgan fingerprint density at radius 1 is 1.06 bits per heavy atom. The van der Waals surface area contributed by atoms with Crippen molar-refractivity contribution in [2.45, 2.75) is 25.5 Å². The number of amides is 1. The van der Waals surface area contributed by atoms with E-state index in [0.29, 0.717) is 22.9 Å². The molecule has 1 atom stereocenters. The van der Waals surface area contributed by atoms with Crippen LogP contribution < -0.4 is 9.64 Å². The number of methoxy groups -OCH3 is 2. The van der Waals surface area contributed by atoms with Crippen molar-refractivity contribution in [3.05, 3.63) is 59.7 Å². The van der Waals surface area contributed by atoms with Crippen LogP contribution in [0.25, 0.3) is 0 Å². The second-order valence-electron chi connectivity index (χ2n) is 8.01. The van der Waals surface area contributed by atoms with E-state index in [1.807, 2.05) is 30.3 Å². The summed E-state index contributed by atoms with van der Waals surface area (Å²) in [7, 11) is 2.93. The number of carbonyl (C=O) groups excluding carboxylic acids is 2. The van der Waals surface area contributed by atoms with Crippen molar-refractivity contribution in [1.29, 1.82) is 0 Å². The molecule has 0 aliphatic carbocycles. The highest BCUT2D eigenvalue weighted by Crippen LogP contribution is 2.33. The summed E-state index contributed by atoms with van der Waals surface area (Å²) in [4.78, 5) is 29.2. The summed E-state index contributed by atoms with van der Waals surface area (Å²) in [5, 5.41) is 0. The van der Waals surface area contributed by atoms with E-state index in [-0.39, 0.29) is 12.6 Å². The van der Waals surface area contributed by atoms with Crippen LogP contribution in [0.3, 0.4) is 0 Å². The largest absolute Gasteiger partial charge is 0.495 e. The summed E-state index contributed by atoms with van der Waals surface area (Å²) in [5.74, 6) is 0.578. The third kappa shape index (κ3) is 4.66. The Morgan fingerprint density at radius 3 is 2.52 bits per heavy atom. The van der Waals surface area contributed by atoms with E-state index in [1.165, 1.54) is 7.11 Å². The quantitative estimate of drug-likeness (QED) is 0.659. The summed E-state index contributed by atoms with van der Waals surface area (Å²) < 4.78 is 16.3. The molecule has 0 unspecified atom stereocenters. The molecule has 31 heavy (non-hydrogen) atoms. The molecule has 5 rings (SSSR count). The number of benzene rings is 2. The van der Waals surface area contributed by atoms with Crippen LogP contribution >= 0.6 is 0 Å². The van der Waals surface area contributed by atoms with Gasteiger partial charge in [0, 0.05) is 6.54 Å². The molecule has 2 bridgehead atoms. The maximum absolute atomic E-state index is 13.4. The fourth-order valence-electron chi connectivity index (χ4n) is 4.44. The summed E-state index contributed by atoms with van der Waals surface area (Å²) in [6, 6.07) is 14.4. The highest BCUT2D eigenvalue weighted by atomic mass is 16.6. The van der Waals surface area contributed by atoms with Gasteiger partial charge < -0.3 is 14.2 Å². The van der Waals surface area contributed by atoms with Crippen LogP contribution in [-0.2, 0) is 16.0 Å². The summed E-state index contributed by atoms with van der Waals surface area (Å²) in [6.07, 6.45) is 1.61. The molecule has 2 aromatic carbocycles. The first-order chi connectivity index (χ1) is 15.1. The van der Waals surface area contributed by atoms with E-state index in [2.05, 4.69) is 4.90 Å². The van der Waals surface area contributed by atoms with Crippen molar-refractivity contribution >= 4 is 17.7 Å². The summed E-state index contributed by atoms with van der Waals surface area (Å²) in [5.41, 5.74) is 1.85. The van der Waals surface area contributed by atoms with Crippen LogP contribution in [0, 0.1) is 5.92 Å². The average Bonchev–Trinajstić information content (AvgIpc) is 2.83. The predicted octanol–water partition coefficient (Wildman–Crippen LogP) is 3.72. The van der Waals surface area contributed by atoms with Gasteiger partial charge in [-0.25, -0.2) is 9.59 Å². The van der Waals surface area contributed by atoms with Gasteiger partial charge in [-0.05, 0) is 61.7 Å². The molecule has 0 radical (unpaired) electrons. The molecule has 1 amide bonds. The standard InChI is InChI=1S/C24H28N2O5/c1-29-21-9-4-3-8-20(21)26(15-17-6-5-7-19(14-17)23(27)30-2)24(28)31-22-16-25-12-10-18(22)11-13-25/h3-9,14,18,22H,10-13,15-16H2,1-2H3/t22-/m0/s1. The second-order valence-corrected chi connectivity index (χ2v) is 8.01. The van der Waals surface area contributed by atoms with Crippen LogP contribution in [0.1, 0.15) is 28.8 Å². The maximum atomic E-state index is 13.4. The number of piperidine rings is 3. The third-order valence-electron chi connectivity index (χ3n) is 6.13. The zero-order valence-electron chi connectivity index (χ0n) is 18.0. The topological polar surface area (TPSA) is 68.3 Å². The van der Waals surface area contributed by atoms with Gasteiger partial charge in [0.1, 0.15) is 11.9 Å². The molecule has 164 valence electrons. The van der Waals surface area contributed by atoms with E-state index < -0.39 is 12.1 Å². The van der Waals surface area contributed by atoms with Crippen LogP contribution in [0.4, 0.5) is 10.5 Å². The van der Waals surface area contributed by atoms with E-state index in [0.717, 1.165) is 38.0 Å². The van der Waals surface area contributed by atoms with Gasteiger partial charge in [0.15, 0.2) is 0 Å². The lowest BCUT2D eigenvalue weighted by Crippen LogP contribution is -2.53. The zero-order chi connectivity index (χ0) is 21.8. The molecule has 0 aromatic heterocycles. The minimum absolute atomic E-state index is 0.103. The fraction of sp³-hybridized carbons (Fsp3) is 0.417. The molecule has 7 nitrogen and oxygen atoms in total. The van der Waals surface area contributed by atoms with Gasteiger partial charge in [0.25, 0.3) is 0 Å². The van der Waals surface area contributed by atoms with Crippen LogP contribution in [0.15, 0.2) is 48.5 Å². The van der Waals surface area contributed by atoms with Crippen molar-refractivity contribution in [2.24, 2.45) is 5.92 Å². The van der Waals surface area contributed by atoms with E-state index in [9.17, 15) is 9.59 Å². The third-order valence-corrected chi connectivity index (χ3v) is 6.13. The molecule has 0 N–H and O–H groups in total. The number of carbonyl (C=O) groups is 2. The minimum atomic E-state index is -0.416. The minimum Gasteiger partial charge on any atom is -0.495 e. The van der Waals surface area contributed by atoms with Gasteiger partial charge in [-0.1, -0.05) is 24.3 Å². The van der Waals surface area contributed by atoms with Crippen LogP contribution in [-0.4, -0.2) is 56.9 Å². The predicted molar refractivity (Wildman–Crippen MR) is 116 cm³/mol. The Balaban J connectivity index is 1.60. The highest BCUT2D eigenvalue weighted by molar-refractivity contribution is 5.91. The van der Waals surface area contributed by atoms with Crippen molar-refractivity contribution in [1.82, 2.24) is 4.90 Å². The monoisotopic (exact) mass is 424 g/mol. The number of fused-ring (bicyclic) bond motifs is 3. The number of para-hydroxylation sites is 2. The lowest BCUT2D eigenvalue weighted by atomic mass is 9.86. The number of anilines is 1. The van der Waals surface area contributed by atoms with Crippen molar-refractivity contribution in [2.75, 3.05) is 38.8 Å². The number of hydrogen-bond acceptors (Lipinski definition) is 6. The van der Waals surface area contributed by atoms with Gasteiger partial charge in [-0.15, -0.1) is 0 Å². The second kappa shape index (κ2) is 9.39. The molecule has 2 aromatic rings. The van der Waals surface area contributed by atoms with Gasteiger partial charge in [-0.3, -0.25) is 9.80 Å². The van der Waals surface area contributed by atoms with E-state index in [1.54, 1.807) is 30.2 Å². The molecule has 0 spiro atoms. The zero-order valence-corrected chi connectivity index (χ0v) is 18.0. The first-order valence-electron chi connectivity index (χ1n) is 10.6. The molecular formula is C24H28N2O5. The molecule has 3 fully saturated rings. The SMILES string of the molecule is COC(=O)c1cccc(CN(C(=O)O[C@H]2CN3CCC2CC3)c2ccccc2OC)c1. The van der Waals surface area contributed by atoms with Crippen LogP contribution in [0.5, 0.6) is 5.75 Å². The maximum Gasteiger partial charge on any atom is 0.415 e. The smallest absolute Gasteiger partial charge is 0.415 e. The summed E-state index contributed by atoms with van der Waals surface area (Å²) in [6.45, 7) is 3.18. The van der Waals surface area contributed by atoms with E-state index in [4.69, 9.17) is 14.2 Å². The fourth-order valence-corrected chi connectivity index (χ4v) is 4.44. The van der Waals surface area contributed by atoms with Crippen molar-refractivity contribution in [3.63, 3.8) is 0 Å². The number of esters is 1. The van der Waals surface area contributed by atoms with Crippen LogP contribution in [0.2, 0.25) is 0 Å². The molecule has 3 aliphatic heterocycles. The lowest BCUT2D eigenvalue weighted by Gasteiger charge is -2.44. The first-order valence-corrected chi connectivity index (χ1v) is 10.6. The molecule has 3 aliphatic rings. The van der Waals surface area contributed by atoms with Gasteiger partial charge in [-0.2, -0.15) is 0 Å². The Morgan fingerprint density at radius 2 is 1.84 bits per heavy atom. The lowest BCUT2D eigenvalue weighted by molar-refractivity contribution is -0.0311. The molecule has 3 heterocycles. The van der Waals surface area contributed by atoms with E-state index >= 15 is 0 Å². The molecular weight excluding hydrogens is 396 g/mol. The van der Waals surface area contributed by atoms with Gasteiger partial charge >= 0.3 is 12.1 Å². The number of ether oxygens (including phenoxy) is 3. The Bertz CT molecular complexity index is 939. The Labute approximate surface area is 182 Å². The van der Waals surface area contributed by atoms with Crippen molar-refractivity contribution in [3.8, 4) is 5.75 Å².